The van der Waals surface area contributed by atoms with Gasteiger partial charge in [-0.2, -0.15) is 13.2 Å². The van der Waals surface area contributed by atoms with Crippen molar-refractivity contribution in [3.63, 3.8) is 0 Å². The summed E-state index contributed by atoms with van der Waals surface area (Å²) in [6, 6.07) is 11.4. The molecule has 0 unspecified atom stereocenters. The van der Waals surface area contributed by atoms with Gasteiger partial charge in [0.15, 0.2) is 0 Å². The Morgan fingerprint density at radius 3 is 2.53 bits per heavy atom. The molecule has 3 rings (SSSR count). The first-order valence-corrected chi connectivity index (χ1v) is 11.5. The smallest absolute Gasteiger partial charge is 0.349 e. The van der Waals surface area contributed by atoms with Crippen LogP contribution in [0.3, 0.4) is 0 Å². The lowest BCUT2D eigenvalue weighted by atomic mass is 10.1. The summed E-state index contributed by atoms with van der Waals surface area (Å²) < 4.78 is 53.7. The number of halogens is 4. The Bertz CT molecular complexity index is 1100. The van der Waals surface area contributed by atoms with E-state index in [4.69, 9.17) is 0 Å². The molecular formula is C24H26F4N4OS. The number of likely N-dealkylation sites (N-methyl/N-ethyl adjacent to an activating group) is 1. The van der Waals surface area contributed by atoms with Crippen LogP contribution in [0.15, 0.2) is 53.9 Å². The van der Waals surface area contributed by atoms with Crippen LogP contribution in [0.5, 0.6) is 0 Å². The van der Waals surface area contributed by atoms with Gasteiger partial charge in [0.05, 0.1) is 12.1 Å². The Labute approximate surface area is 200 Å². The highest BCUT2D eigenvalue weighted by atomic mass is 32.1. The maximum atomic E-state index is 14.3. The second-order valence-corrected chi connectivity index (χ2v) is 9.06. The predicted octanol–water partition coefficient (Wildman–Crippen LogP) is 4.79. The van der Waals surface area contributed by atoms with E-state index in [-0.39, 0.29) is 31.2 Å². The van der Waals surface area contributed by atoms with E-state index in [9.17, 15) is 22.4 Å². The number of carbonyl (C=O) groups is 1. The van der Waals surface area contributed by atoms with Crippen molar-refractivity contribution >= 4 is 17.2 Å². The zero-order valence-electron chi connectivity index (χ0n) is 18.9. The van der Waals surface area contributed by atoms with Gasteiger partial charge in [0, 0.05) is 37.1 Å². The molecule has 0 atom stereocenters. The van der Waals surface area contributed by atoms with Crippen LogP contribution < -0.4 is 5.32 Å². The molecule has 0 saturated heterocycles. The summed E-state index contributed by atoms with van der Waals surface area (Å²) in [4.78, 5) is 20.5. The maximum absolute atomic E-state index is 14.3. The Kier molecular flexibility index (Phi) is 8.76. The van der Waals surface area contributed by atoms with E-state index in [2.05, 4.69) is 10.3 Å². The number of hydrogen-bond donors (Lipinski definition) is 1. The van der Waals surface area contributed by atoms with Gasteiger partial charge in [-0.15, -0.1) is 11.3 Å². The maximum Gasteiger partial charge on any atom is 0.416 e. The fourth-order valence-electron chi connectivity index (χ4n) is 3.30. The normalized spacial score (nSPS) is 11.9. The van der Waals surface area contributed by atoms with Gasteiger partial charge in [0.25, 0.3) is 5.91 Å². The second-order valence-electron chi connectivity index (χ2n) is 8.12. The molecular weight excluding hydrogens is 468 g/mol. The second kappa shape index (κ2) is 11.5. The molecule has 1 heterocycles. The number of aromatic nitrogens is 1. The third-order valence-electron chi connectivity index (χ3n) is 5.00. The number of thiazole rings is 1. The molecule has 3 aromatic rings. The third kappa shape index (κ3) is 7.61. The first kappa shape index (κ1) is 25.8. The molecule has 182 valence electrons. The molecule has 1 aromatic heterocycles. The number of carbonyl (C=O) groups excluding carboxylic acids is 1. The standard InChI is InChI=1S/C24H26F4N4OS/c1-31(2)11-10-29-23(33)21-16-34-22(30-21)15-32(14-18-7-3-4-9-20(18)25)13-17-6-5-8-19(12-17)24(26,27)28/h3-9,12,16H,10-11,13-15H2,1-2H3,(H,29,33). The molecule has 1 N–H and O–H groups in total. The lowest BCUT2D eigenvalue weighted by Crippen LogP contribution is -2.31. The first-order chi connectivity index (χ1) is 16.1. The van der Waals surface area contributed by atoms with Crippen LogP contribution >= 0.6 is 11.3 Å². The van der Waals surface area contributed by atoms with Gasteiger partial charge in [0.1, 0.15) is 16.5 Å². The van der Waals surface area contributed by atoms with Crippen molar-refractivity contribution in [3.8, 4) is 0 Å². The summed E-state index contributed by atoms with van der Waals surface area (Å²) in [5, 5.41) is 5.06. The largest absolute Gasteiger partial charge is 0.416 e. The van der Waals surface area contributed by atoms with Crippen molar-refractivity contribution < 1.29 is 22.4 Å². The summed E-state index contributed by atoms with van der Waals surface area (Å²) >= 11 is 1.28. The third-order valence-corrected chi connectivity index (χ3v) is 5.83. The minimum atomic E-state index is -4.45. The average molecular weight is 495 g/mol. The molecule has 5 nitrogen and oxygen atoms in total. The van der Waals surface area contributed by atoms with Gasteiger partial charge >= 0.3 is 6.18 Å². The van der Waals surface area contributed by atoms with E-state index < -0.39 is 17.6 Å². The molecule has 0 aliphatic heterocycles. The van der Waals surface area contributed by atoms with Gasteiger partial charge < -0.3 is 10.2 Å². The molecule has 0 fully saturated rings. The van der Waals surface area contributed by atoms with E-state index >= 15 is 0 Å². The van der Waals surface area contributed by atoms with E-state index in [1.165, 1.54) is 23.5 Å². The minimum absolute atomic E-state index is 0.155. The molecule has 34 heavy (non-hydrogen) atoms. The number of benzene rings is 2. The number of alkyl halides is 3. The van der Waals surface area contributed by atoms with Crippen molar-refractivity contribution in [2.45, 2.75) is 25.8 Å². The van der Waals surface area contributed by atoms with Crippen molar-refractivity contribution in [2.24, 2.45) is 0 Å². The minimum Gasteiger partial charge on any atom is -0.349 e. The molecule has 2 aromatic carbocycles. The van der Waals surface area contributed by atoms with Gasteiger partial charge in [-0.3, -0.25) is 9.69 Å². The predicted molar refractivity (Wildman–Crippen MR) is 124 cm³/mol. The van der Waals surface area contributed by atoms with E-state index in [0.29, 0.717) is 29.2 Å². The number of rotatable bonds is 10. The van der Waals surface area contributed by atoms with Gasteiger partial charge in [-0.1, -0.05) is 36.4 Å². The molecule has 0 aliphatic carbocycles. The summed E-state index contributed by atoms with van der Waals surface area (Å²) in [5.41, 5.74) is 0.419. The monoisotopic (exact) mass is 494 g/mol. The van der Waals surface area contributed by atoms with Crippen molar-refractivity contribution in [1.29, 1.82) is 0 Å². The van der Waals surface area contributed by atoms with Crippen LogP contribution in [0.4, 0.5) is 17.6 Å². The highest BCUT2D eigenvalue weighted by Crippen LogP contribution is 2.30. The van der Waals surface area contributed by atoms with E-state index in [1.54, 1.807) is 34.5 Å². The Hall–Kier alpha value is -2.82. The van der Waals surface area contributed by atoms with Crippen LogP contribution in [0.25, 0.3) is 0 Å². The number of hydrogen-bond acceptors (Lipinski definition) is 5. The Morgan fingerprint density at radius 1 is 1.06 bits per heavy atom. The van der Waals surface area contributed by atoms with Gasteiger partial charge in [0.2, 0.25) is 0 Å². The summed E-state index contributed by atoms with van der Waals surface area (Å²) in [7, 11) is 3.81. The topological polar surface area (TPSA) is 48.5 Å². The fraction of sp³-hybridized carbons (Fsp3) is 0.333. The van der Waals surface area contributed by atoms with Gasteiger partial charge in [-0.05, 0) is 31.8 Å². The van der Waals surface area contributed by atoms with Crippen LogP contribution in [0.2, 0.25) is 0 Å². The summed E-state index contributed by atoms with van der Waals surface area (Å²) in [5.74, 6) is -0.681. The van der Waals surface area contributed by atoms with Crippen LogP contribution in [-0.4, -0.2) is 47.9 Å². The molecule has 0 saturated carbocycles. The first-order valence-electron chi connectivity index (χ1n) is 10.6. The molecule has 0 aliphatic rings. The summed E-state index contributed by atoms with van der Waals surface area (Å²) in [6.45, 7) is 1.75. The molecule has 0 bridgehead atoms. The van der Waals surface area contributed by atoms with Gasteiger partial charge in [-0.25, -0.2) is 9.37 Å². The van der Waals surface area contributed by atoms with Crippen molar-refractivity contribution in [2.75, 3.05) is 27.2 Å². The highest BCUT2D eigenvalue weighted by molar-refractivity contribution is 7.09. The molecule has 0 radical (unpaired) electrons. The van der Waals surface area contributed by atoms with Crippen LogP contribution in [0.1, 0.15) is 32.2 Å². The van der Waals surface area contributed by atoms with E-state index in [0.717, 1.165) is 12.1 Å². The van der Waals surface area contributed by atoms with Crippen LogP contribution in [0, 0.1) is 5.82 Å². The van der Waals surface area contributed by atoms with Crippen molar-refractivity contribution in [1.82, 2.24) is 20.1 Å². The number of nitrogens with zero attached hydrogens (tertiary/aromatic N) is 3. The Balaban J connectivity index is 1.76. The average Bonchev–Trinajstić information content (AvgIpc) is 3.23. The number of amides is 1. The zero-order chi connectivity index (χ0) is 24.7. The fourth-order valence-corrected chi connectivity index (χ4v) is 4.12. The number of nitrogens with one attached hydrogen (secondary N) is 1. The zero-order valence-corrected chi connectivity index (χ0v) is 19.7. The summed E-state index contributed by atoms with van der Waals surface area (Å²) in [6.07, 6.45) is -4.45. The van der Waals surface area contributed by atoms with Crippen LogP contribution in [-0.2, 0) is 25.8 Å². The molecule has 10 heteroatoms. The quantitative estimate of drug-likeness (QED) is 0.412. The molecule has 1 amide bonds. The SMILES string of the molecule is CN(C)CCNC(=O)c1csc(CN(Cc2cccc(C(F)(F)F)c2)Cc2ccccc2F)n1. The Morgan fingerprint density at radius 2 is 1.82 bits per heavy atom. The van der Waals surface area contributed by atoms with Crippen molar-refractivity contribution in [3.05, 3.63) is 87.1 Å². The highest BCUT2D eigenvalue weighted by Gasteiger charge is 2.30. The lowest BCUT2D eigenvalue weighted by molar-refractivity contribution is -0.137. The lowest BCUT2D eigenvalue weighted by Gasteiger charge is -2.22. The van der Waals surface area contributed by atoms with E-state index in [1.807, 2.05) is 19.0 Å². The molecule has 0 spiro atoms.